The smallest absolute Gasteiger partial charge is 0.338 e. The van der Waals surface area contributed by atoms with Gasteiger partial charge >= 0.3 is 5.97 Å². The SMILES string of the molecule is O=C(OCC1CC1)c1cc(F)c(F)c(F)c1. The monoisotopic (exact) mass is 230 g/mol. The average molecular weight is 230 g/mol. The van der Waals surface area contributed by atoms with Gasteiger partial charge in [-0.3, -0.25) is 0 Å². The summed E-state index contributed by atoms with van der Waals surface area (Å²) in [4.78, 5) is 11.3. The molecular formula is C11H9F3O2. The van der Waals surface area contributed by atoms with Crippen LogP contribution < -0.4 is 0 Å². The molecule has 1 fully saturated rings. The first-order valence-electron chi connectivity index (χ1n) is 4.89. The molecular weight excluding hydrogens is 221 g/mol. The molecule has 0 radical (unpaired) electrons. The van der Waals surface area contributed by atoms with Crippen molar-refractivity contribution in [3.63, 3.8) is 0 Å². The highest BCUT2D eigenvalue weighted by Crippen LogP contribution is 2.29. The van der Waals surface area contributed by atoms with Crippen LogP contribution in [0.5, 0.6) is 0 Å². The van der Waals surface area contributed by atoms with Crippen LogP contribution in [0.2, 0.25) is 0 Å². The zero-order valence-electron chi connectivity index (χ0n) is 8.30. The van der Waals surface area contributed by atoms with Crippen LogP contribution in [0.25, 0.3) is 0 Å². The number of esters is 1. The lowest BCUT2D eigenvalue weighted by Gasteiger charge is -2.04. The number of hydrogen-bond donors (Lipinski definition) is 0. The molecule has 1 aromatic carbocycles. The van der Waals surface area contributed by atoms with Crippen LogP contribution in [0.15, 0.2) is 12.1 Å². The number of carbonyl (C=O) groups is 1. The highest BCUT2D eigenvalue weighted by Gasteiger charge is 2.24. The van der Waals surface area contributed by atoms with Crippen molar-refractivity contribution in [1.29, 1.82) is 0 Å². The Kier molecular flexibility index (Phi) is 2.85. The first-order valence-corrected chi connectivity index (χ1v) is 4.89. The van der Waals surface area contributed by atoms with Crippen molar-refractivity contribution in [2.45, 2.75) is 12.8 Å². The van der Waals surface area contributed by atoms with Gasteiger partial charge in [-0.25, -0.2) is 18.0 Å². The Labute approximate surface area is 90.0 Å². The highest BCUT2D eigenvalue weighted by molar-refractivity contribution is 5.89. The van der Waals surface area contributed by atoms with Gasteiger partial charge in [0.25, 0.3) is 0 Å². The molecule has 1 saturated carbocycles. The van der Waals surface area contributed by atoms with E-state index in [1.807, 2.05) is 0 Å². The van der Waals surface area contributed by atoms with E-state index < -0.39 is 23.4 Å². The second kappa shape index (κ2) is 4.15. The second-order valence-electron chi connectivity index (χ2n) is 3.80. The molecule has 0 spiro atoms. The van der Waals surface area contributed by atoms with Gasteiger partial charge in [-0.2, -0.15) is 0 Å². The maximum absolute atomic E-state index is 12.8. The predicted octanol–water partition coefficient (Wildman–Crippen LogP) is 2.67. The third-order valence-corrected chi connectivity index (χ3v) is 2.37. The summed E-state index contributed by atoms with van der Waals surface area (Å²) < 4.78 is 43.0. The molecule has 1 aliphatic carbocycles. The zero-order chi connectivity index (χ0) is 11.7. The number of hydrogen-bond acceptors (Lipinski definition) is 2. The second-order valence-corrected chi connectivity index (χ2v) is 3.80. The highest BCUT2D eigenvalue weighted by atomic mass is 19.2. The summed E-state index contributed by atoms with van der Waals surface area (Å²) >= 11 is 0. The van der Waals surface area contributed by atoms with Gasteiger partial charge in [0.2, 0.25) is 0 Å². The Morgan fingerprint density at radius 3 is 2.31 bits per heavy atom. The van der Waals surface area contributed by atoms with Crippen molar-refractivity contribution in [2.75, 3.05) is 6.61 Å². The Morgan fingerprint density at radius 1 is 1.25 bits per heavy atom. The average Bonchev–Trinajstić information content (AvgIpc) is 3.05. The van der Waals surface area contributed by atoms with Gasteiger partial charge in [-0.15, -0.1) is 0 Å². The third-order valence-electron chi connectivity index (χ3n) is 2.37. The lowest BCUT2D eigenvalue weighted by Crippen LogP contribution is -2.09. The van der Waals surface area contributed by atoms with Crippen molar-refractivity contribution >= 4 is 5.97 Å². The van der Waals surface area contributed by atoms with Crippen LogP contribution in [-0.2, 0) is 4.74 Å². The Bertz CT molecular complexity index is 404. The quantitative estimate of drug-likeness (QED) is 0.589. The number of carbonyl (C=O) groups excluding carboxylic acids is 1. The standard InChI is InChI=1S/C11H9F3O2/c12-8-3-7(4-9(13)10(8)14)11(15)16-5-6-1-2-6/h3-4,6H,1-2,5H2. The van der Waals surface area contributed by atoms with Crippen LogP contribution in [-0.4, -0.2) is 12.6 Å². The van der Waals surface area contributed by atoms with Crippen LogP contribution >= 0.6 is 0 Å². The fourth-order valence-corrected chi connectivity index (χ4v) is 1.23. The van der Waals surface area contributed by atoms with Crippen molar-refractivity contribution < 1.29 is 22.7 Å². The topological polar surface area (TPSA) is 26.3 Å². The summed E-state index contributed by atoms with van der Waals surface area (Å²) in [6, 6.07) is 1.27. The molecule has 0 heterocycles. The predicted molar refractivity (Wildman–Crippen MR) is 49.3 cm³/mol. The minimum Gasteiger partial charge on any atom is -0.462 e. The van der Waals surface area contributed by atoms with Crippen LogP contribution in [0, 0.1) is 23.4 Å². The first-order chi connectivity index (χ1) is 7.58. The molecule has 0 saturated heterocycles. The molecule has 2 nitrogen and oxygen atoms in total. The fraction of sp³-hybridized carbons (Fsp3) is 0.364. The number of rotatable bonds is 3. The molecule has 16 heavy (non-hydrogen) atoms. The van der Waals surface area contributed by atoms with Crippen molar-refractivity contribution in [3.05, 3.63) is 35.1 Å². The van der Waals surface area contributed by atoms with E-state index in [0.29, 0.717) is 18.1 Å². The Balaban J connectivity index is 2.09. The summed E-state index contributed by atoms with van der Waals surface area (Å²) in [5.74, 6) is -4.83. The minimum atomic E-state index is -1.58. The molecule has 0 N–H and O–H groups in total. The normalized spacial score (nSPS) is 14.9. The largest absolute Gasteiger partial charge is 0.462 e. The van der Waals surface area contributed by atoms with E-state index in [9.17, 15) is 18.0 Å². The lowest BCUT2D eigenvalue weighted by molar-refractivity contribution is 0.0484. The fourth-order valence-electron chi connectivity index (χ4n) is 1.23. The summed E-state index contributed by atoms with van der Waals surface area (Å²) in [7, 11) is 0. The van der Waals surface area contributed by atoms with Gasteiger partial charge in [-0.05, 0) is 30.9 Å². The van der Waals surface area contributed by atoms with E-state index in [0.717, 1.165) is 12.8 Å². The molecule has 86 valence electrons. The van der Waals surface area contributed by atoms with Gasteiger partial charge in [-0.1, -0.05) is 0 Å². The summed E-state index contributed by atoms with van der Waals surface area (Å²) in [5.41, 5.74) is -0.308. The molecule has 0 bridgehead atoms. The van der Waals surface area contributed by atoms with Crippen LogP contribution in [0.4, 0.5) is 13.2 Å². The molecule has 1 aliphatic rings. The van der Waals surface area contributed by atoms with Crippen molar-refractivity contribution in [3.8, 4) is 0 Å². The first kappa shape index (κ1) is 11.0. The van der Waals surface area contributed by atoms with Crippen LogP contribution in [0.1, 0.15) is 23.2 Å². The summed E-state index contributed by atoms with van der Waals surface area (Å²) in [6.07, 6.45) is 2.00. The zero-order valence-corrected chi connectivity index (χ0v) is 8.30. The molecule has 0 atom stereocenters. The molecule has 0 aliphatic heterocycles. The molecule has 0 amide bonds. The molecule has 1 aromatic rings. The maximum atomic E-state index is 12.8. The van der Waals surface area contributed by atoms with E-state index in [1.165, 1.54) is 0 Å². The van der Waals surface area contributed by atoms with Crippen molar-refractivity contribution in [1.82, 2.24) is 0 Å². The van der Waals surface area contributed by atoms with Crippen LogP contribution in [0.3, 0.4) is 0 Å². The Morgan fingerprint density at radius 2 is 1.81 bits per heavy atom. The number of halogens is 3. The lowest BCUT2D eigenvalue weighted by atomic mass is 10.2. The molecule has 2 rings (SSSR count). The third kappa shape index (κ3) is 2.35. The van der Waals surface area contributed by atoms with Gasteiger partial charge < -0.3 is 4.74 Å². The summed E-state index contributed by atoms with van der Waals surface area (Å²) in [5, 5.41) is 0. The van der Waals surface area contributed by atoms with E-state index in [1.54, 1.807) is 0 Å². The van der Waals surface area contributed by atoms with E-state index in [2.05, 4.69) is 0 Å². The van der Waals surface area contributed by atoms with E-state index in [-0.39, 0.29) is 12.2 Å². The number of ether oxygens (including phenoxy) is 1. The van der Waals surface area contributed by atoms with E-state index in [4.69, 9.17) is 4.74 Å². The van der Waals surface area contributed by atoms with Gasteiger partial charge in [0.15, 0.2) is 17.5 Å². The molecule has 5 heteroatoms. The number of benzene rings is 1. The molecule has 0 aromatic heterocycles. The van der Waals surface area contributed by atoms with Crippen molar-refractivity contribution in [2.24, 2.45) is 5.92 Å². The van der Waals surface area contributed by atoms with Gasteiger partial charge in [0, 0.05) is 0 Å². The van der Waals surface area contributed by atoms with Gasteiger partial charge in [0.1, 0.15) is 0 Å². The molecule has 0 unspecified atom stereocenters. The van der Waals surface area contributed by atoms with Gasteiger partial charge in [0.05, 0.1) is 12.2 Å². The maximum Gasteiger partial charge on any atom is 0.338 e. The Hall–Kier alpha value is -1.52. The summed E-state index contributed by atoms with van der Waals surface area (Å²) in [6.45, 7) is 0.249. The van der Waals surface area contributed by atoms with E-state index >= 15 is 0 Å². The minimum absolute atomic E-state index is 0.249.